The van der Waals surface area contributed by atoms with Gasteiger partial charge in [0.15, 0.2) is 9.84 Å². The van der Waals surface area contributed by atoms with E-state index in [4.69, 9.17) is 4.74 Å². The van der Waals surface area contributed by atoms with Gasteiger partial charge >= 0.3 is 6.03 Å². The molecular formula is C22H32N2O5S. The summed E-state index contributed by atoms with van der Waals surface area (Å²) < 4.78 is 31.0. The van der Waals surface area contributed by atoms with Crippen molar-refractivity contribution >= 4 is 21.8 Å². The maximum absolute atomic E-state index is 12.6. The molecule has 0 unspecified atom stereocenters. The average Bonchev–Trinajstić information content (AvgIpc) is 3.44. The summed E-state index contributed by atoms with van der Waals surface area (Å²) in [7, 11) is -3.17. The molecule has 1 aromatic carbocycles. The topological polar surface area (TPSA) is 92.8 Å². The molecule has 1 N–H and O–H groups in total. The predicted molar refractivity (Wildman–Crippen MR) is 115 cm³/mol. The van der Waals surface area contributed by atoms with Crippen LogP contribution in [-0.2, 0) is 14.6 Å². The minimum Gasteiger partial charge on any atom is -0.493 e. The quantitative estimate of drug-likeness (QED) is 0.402. The summed E-state index contributed by atoms with van der Waals surface area (Å²) in [6.45, 7) is 5.26. The molecule has 0 spiro atoms. The van der Waals surface area contributed by atoms with E-state index in [1.807, 2.05) is 32.0 Å². The van der Waals surface area contributed by atoms with Crippen LogP contribution in [0.4, 0.5) is 4.79 Å². The van der Waals surface area contributed by atoms with Crippen molar-refractivity contribution in [3.63, 3.8) is 0 Å². The van der Waals surface area contributed by atoms with Crippen LogP contribution in [0, 0.1) is 12.8 Å². The second kappa shape index (κ2) is 9.81. The fourth-order valence-corrected chi connectivity index (χ4v) is 5.36. The molecule has 1 aliphatic carbocycles. The lowest BCUT2D eigenvalue weighted by atomic mass is 10.0. The number of ether oxygens (including phenoxy) is 1. The van der Waals surface area contributed by atoms with E-state index < -0.39 is 9.84 Å². The number of aryl methyl sites for hydroxylation is 1. The molecule has 3 rings (SSSR count). The number of sulfone groups is 1. The van der Waals surface area contributed by atoms with Gasteiger partial charge in [-0.3, -0.25) is 10.1 Å². The summed E-state index contributed by atoms with van der Waals surface area (Å²) in [5, 5.41) is 2.24. The van der Waals surface area contributed by atoms with Crippen molar-refractivity contribution in [3.8, 4) is 5.75 Å². The Morgan fingerprint density at radius 2 is 1.97 bits per heavy atom. The van der Waals surface area contributed by atoms with Gasteiger partial charge in [-0.2, -0.15) is 0 Å². The highest BCUT2D eigenvalue weighted by Crippen LogP contribution is 2.31. The van der Waals surface area contributed by atoms with Gasteiger partial charge in [-0.15, -0.1) is 0 Å². The molecule has 2 aliphatic rings. The van der Waals surface area contributed by atoms with Gasteiger partial charge in [0.1, 0.15) is 12.3 Å². The second-order valence-corrected chi connectivity index (χ2v) is 10.9. The van der Waals surface area contributed by atoms with Crippen molar-refractivity contribution < 1.29 is 22.7 Å². The van der Waals surface area contributed by atoms with Crippen LogP contribution >= 0.6 is 0 Å². The SMILES string of the molecule is Cc1ccc([C@@H](C)CS(=O)(=O)CCCCCN2CC(=O)NC2=O)cc1OCC1CC1. The minimum atomic E-state index is -3.17. The standard InChI is InChI=1S/C22H32N2O5S/c1-16-6-9-19(12-20(16)29-14-18-7-8-18)17(2)15-30(27,28)11-5-3-4-10-24-13-21(25)23-22(24)26/h6,9,12,17-18H,3-5,7-8,10-11,13-15H2,1-2H3,(H,23,25,26)/t17-/m0/s1. The Labute approximate surface area is 179 Å². The summed E-state index contributed by atoms with van der Waals surface area (Å²) in [5.74, 6) is 1.40. The van der Waals surface area contributed by atoms with E-state index in [1.165, 1.54) is 17.7 Å². The number of benzene rings is 1. The number of imide groups is 1. The molecule has 1 heterocycles. The van der Waals surface area contributed by atoms with E-state index in [0.29, 0.717) is 31.7 Å². The maximum Gasteiger partial charge on any atom is 0.324 e. The number of unbranched alkanes of at least 4 members (excludes halogenated alkanes) is 2. The molecule has 1 aliphatic heterocycles. The average molecular weight is 437 g/mol. The molecule has 166 valence electrons. The lowest BCUT2D eigenvalue weighted by Gasteiger charge is -2.16. The van der Waals surface area contributed by atoms with Crippen LogP contribution in [0.3, 0.4) is 0 Å². The Morgan fingerprint density at radius 3 is 2.63 bits per heavy atom. The third-order valence-electron chi connectivity index (χ3n) is 5.71. The number of nitrogens with one attached hydrogen (secondary N) is 1. The molecule has 1 aromatic rings. The smallest absolute Gasteiger partial charge is 0.324 e. The number of nitrogens with zero attached hydrogens (tertiary/aromatic N) is 1. The minimum absolute atomic E-state index is 0.0948. The number of carbonyl (C=O) groups is 2. The van der Waals surface area contributed by atoms with E-state index in [2.05, 4.69) is 5.32 Å². The van der Waals surface area contributed by atoms with Crippen LogP contribution in [0.5, 0.6) is 5.75 Å². The maximum atomic E-state index is 12.6. The van der Waals surface area contributed by atoms with E-state index in [9.17, 15) is 18.0 Å². The normalized spacial score (nSPS) is 17.9. The molecular weight excluding hydrogens is 404 g/mol. The monoisotopic (exact) mass is 436 g/mol. The first-order chi connectivity index (χ1) is 14.2. The zero-order valence-corrected chi connectivity index (χ0v) is 18.7. The molecule has 2 fully saturated rings. The lowest BCUT2D eigenvalue weighted by Crippen LogP contribution is -2.29. The Balaban J connectivity index is 1.42. The highest BCUT2D eigenvalue weighted by Gasteiger charge is 2.26. The van der Waals surface area contributed by atoms with Crippen molar-refractivity contribution in [2.24, 2.45) is 5.92 Å². The van der Waals surface area contributed by atoms with E-state index in [-0.39, 0.29) is 35.9 Å². The van der Waals surface area contributed by atoms with Gasteiger partial charge in [-0.1, -0.05) is 25.5 Å². The Morgan fingerprint density at radius 1 is 1.20 bits per heavy atom. The molecule has 8 heteroatoms. The second-order valence-electron chi connectivity index (χ2n) is 8.63. The van der Waals surface area contributed by atoms with Crippen LogP contribution in [0.1, 0.15) is 56.1 Å². The first-order valence-electron chi connectivity index (χ1n) is 10.8. The summed E-state index contributed by atoms with van der Waals surface area (Å²) >= 11 is 0. The zero-order valence-electron chi connectivity index (χ0n) is 17.9. The molecule has 1 saturated heterocycles. The van der Waals surface area contributed by atoms with E-state index >= 15 is 0 Å². The number of urea groups is 1. The van der Waals surface area contributed by atoms with Crippen LogP contribution in [0.2, 0.25) is 0 Å². The first-order valence-corrected chi connectivity index (χ1v) is 12.6. The Kier molecular flexibility index (Phi) is 7.39. The molecule has 0 bridgehead atoms. The van der Waals surface area contributed by atoms with Gasteiger partial charge < -0.3 is 9.64 Å². The van der Waals surface area contributed by atoms with Crippen molar-refractivity contribution in [3.05, 3.63) is 29.3 Å². The number of amides is 3. The van der Waals surface area contributed by atoms with Crippen LogP contribution in [0.15, 0.2) is 18.2 Å². The zero-order chi connectivity index (χ0) is 21.7. The van der Waals surface area contributed by atoms with Gasteiger partial charge in [0.25, 0.3) is 0 Å². The van der Waals surface area contributed by atoms with Crippen LogP contribution in [-0.4, -0.2) is 56.5 Å². The van der Waals surface area contributed by atoms with Gasteiger partial charge in [0.2, 0.25) is 5.91 Å². The molecule has 3 amide bonds. The molecule has 0 aromatic heterocycles. The predicted octanol–water partition coefficient (Wildman–Crippen LogP) is 3.02. The van der Waals surface area contributed by atoms with Gasteiger partial charge in [0, 0.05) is 6.54 Å². The fraction of sp³-hybridized carbons (Fsp3) is 0.636. The van der Waals surface area contributed by atoms with Crippen molar-refractivity contribution in [2.45, 2.75) is 51.9 Å². The number of carbonyl (C=O) groups excluding carboxylic acids is 2. The highest BCUT2D eigenvalue weighted by atomic mass is 32.2. The number of hydrogen-bond donors (Lipinski definition) is 1. The summed E-state index contributed by atoms with van der Waals surface area (Å²) in [4.78, 5) is 24.1. The van der Waals surface area contributed by atoms with Crippen LogP contribution in [0.25, 0.3) is 0 Å². The fourth-order valence-electron chi connectivity index (χ4n) is 3.60. The number of rotatable bonds is 12. The summed E-state index contributed by atoms with van der Waals surface area (Å²) in [5.41, 5.74) is 2.06. The lowest BCUT2D eigenvalue weighted by molar-refractivity contribution is -0.118. The number of hydrogen-bond acceptors (Lipinski definition) is 5. The molecule has 0 radical (unpaired) electrons. The molecule has 1 atom stereocenters. The summed E-state index contributed by atoms with van der Waals surface area (Å²) in [6, 6.07) is 5.61. The highest BCUT2D eigenvalue weighted by molar-refractivity contribution is 7.91. The molecule has 7 nitrogen and oxygen atoms in total. The van der Waals surface area contributed by atoms with Gasteiger partial charge in [-0.05, 0) is 61.6 Å². The van der Waals surface area contributed by atoms with Gasteiger partial charge in [-0.25, -0.2) is 13.2 Å². The van der Waals surface area contributed by atoms with E-state index in [0.717, 1.165) is 23.5 Å². The molecule has 30 heavy (non-hydrogen) atoms. The largest absolute Gasteiger partial charge is 0.493 e. The Bertz CT molecular complexity index is 880. The van der Waals surface area contributed by atoms with Crippen molar-refractivity contribution in [2.75, 3.05) is 31.2 Å². The third-order valence-corrected chi connectivity index (χ3v) is 7.63. The van der Waals surface area contributed by atoms with E-state index in [1.54, 1.807) is 0 Å². The van der Waals surface area contributed by atoms with Crippen molar-refractivity contribution in [1.82, 2.24) is 10.2 Å². The summed E-state index contributed by atoms with van der Waals surface area (Å²) in [6.07, 6.45) is 4.41. The molecule has 1 saturated carbocycles. The Hall–Kier alpha value is -2.09. The third kappa shape index (κ3) is 6.72. The van der Waals surface area contributed by atoms with Gasteiger partial charge in [0.05, 0.1) is 18.1 Å². The van der Waals surface area contributed by atoms with Crippen molar-refractivity contribution in [1.29, 1.82) is 0 Å². The first kappa shape index (κ1) is 22.6. The van der Waals surface area contributed by atoms with Crippen LogP contribution < -0.4 is 10.1 Å².